The van der Waals surface area contributed by atoms with Crippen LogP contribution in [0.3, 0.4) is 0 Å². The lowest BCUT2D eigenvalue weighted by Crippen LogP contribution is -2.36. The summed E-state index contributed by atoms with van der Waals surface area (Å²) in [6.45, 7) is 1.03. The fourth-order valence-electron chi connectivity index (χ4n) is 3.58. The Morgan fingerprint density at radius 2 is 1.74 bits per heavy atom. The van der Waals surface area contributed by atoms with Crippen LogP contribution in [0.1, 0.15) is 42.5 Å². The van der Waals surface area contributed by atoms with Crippen molar-refractivity contribution in [2.75, 3.05) is 37.5 Å². The molecule has 0 unspecified atom stereocenters. The van der Waals surface area contributed by atoms with E-state index in [0.717, 1.165) is 18.5 Å². The van der Waals surface area contributed by atoms with Crippen LogP contribution in [-0.4, -0.2) is 44.7 Å². The van der Waals surface area contributed by atoms with E-state index < -0.39 is 0 Å². The molecule has 7 nitrogen and oxygen atoms in total. The van der Waals surface area contributed by atoms with Crippen LogP contribution in [0.15, 0.2) is 48.5 Å². The van der Waals surface area contributed by atoms with Crippen LogP contribution in [0.5, 0.6) is 5.75 Å². The number of methoxy groups -OCH3 is 1. The van der Waals surface area contributed by atoms with Gasteiger partial charge in [-0.05, 0) is 43.2 Å². The smallest absolute Gasteiger partial charge is 0.251 e. The molecule has 166 valence electrons. The van der Waals surface area contributed by atoms with Crippen molar-refractivity contribution in [3.63, 3.8) is 0 Å². The zero-order valence-electron chi connectivity index (χ0n) is 18.0. The van der Waals surface area contributed by atoms with Gasteiger partial charge in [0.05, 0.1) is 13.2 Å². The Balaban J connectivity index is 1.48. The Bertz CT molecular complexity index is 865. The Hall–Kier alpha value is -3.06. The molecule has 3 rings (SSSR count). The lowest BCUT2D eigenvalue weighted by Gasteiger charge is -2.22. The average Bonchev–Trinajstić information content (AvgIpc) is 2.79. The van der Waals surface area contributed by atoms with Crippen LogP contribution < -0.4 is 20.7 Å². The summed E-state index contributed by atoms with van der Waals surface area (Å²) in [5.74, 6) is 0.413. The van der Waals surface area contributed by atoms with Gasteiger partial charge in [0.1, 0.15) is 12.4 Å². The predicted octanol–water partition coefficient (Wildman–Crippen LogP) is 3.82. The summed E-state index contributed by atoms with van der Waals surface area (Å²) >= 11 is 0. The summed E-state index contributed by atoms with van der Waals surface area (Å²) in [6.07, 6.45) is 5.68. The van der Waals surface area contributed by atoms with E-state index in [1.165, 1.54) is 19.3 Å². The van der Waals surface area contributed by atoms with Crippen molar-refractivity contribution in [2.45, 2.75) is 38.1 Å². The zero-order valence-corrected chi connectivity index (χ0v) is 18.0. The minimum absolute atomic E-state index is 0.0645. The van der Waals surface area contributed by atoms with Crippen molar-refractivity contribution in [3.8, 4) is 5.75 Å². The van der Waals surface area contributed by atoms with Crippen LogP contribution in [0.25, 0.3) is 0 Å². The number of rotatable bonds is 10. The van der Waals surface area contributed by atoms with Crippen LogP contribution >= 0.6 is 0 Å². The van der Waals surface area contributed by atoms with Gasteiger partial charge in [0.15, 0.2) is 0 Å². The first-order chi connectivity index (χ1) is 15.1. The van der Waals surface area contributed by atoms with Gasteiger partial charge in [-0.1, -0.05) is 31.4 Å². The standard InChI is InChI=1S/C24H31N3O4/c1-30-13-14-31-22-12-6-11-21(16-22)26-23(28)17-25-20-10-5-7-18(15-20)24(29)27-19-8-3-2-4-9-19/h5-7,10-12,15-16,19,25H,2-4,8-9,13-14,17H2,1H3,(H,26,28)(H,27,29). The number of benzene rings is 2. The van der Waals surface area contributed by atoms with E-state index in [9.17, 15) is 9.59 Å². The second-order valence-electron chi connectivity index (χ2n) is 7.66. The number of ether oxygens (including phenoxy) is 2. The Labute approximate surface area is 183 Å². The van der Waals surface area contributed by atoms with E-state index in [4.69, 9.17) is 9.47 Å². The molecular formula is C24H31N3O4. The second-order valence-corrected chi connectivity index (χ2v) is 7.66. The number of nitrogens with one attached hydrogen (secondary N) is 3. The molecule has 7 heteroatoms. The molecule has 2 aromatic carbocycles. The fraction of sp³-hybridized carbons (Fsp3) is 0.417. The third-order valence-corrected chi connectivity index (χ3v) is 5.19. The third kappa shape index (κ3) is 7.61. The maximum atomic E-state index is 12.5. The van der Waals surface area contributed by atoms with Gasteiger partial charge >= 0.3 is 0 Å². The minimum atomic E-state index is -0.189. The van der Waals surface area contributed by atoms with Gasteiger partial charge in [-0.25, -0.2) is 0 Å². The van der Waals surface area contributed by atoms with Crippen molar-refractivity contribution in [1.82, 2.24) is 5.32 Å². The Kier molecular flexibility index (Phi) is 8.72. The first-order valence-corrected chi connectivity index (χ1v) is 10.8. The number of hydrogen-bond donors (Lipinski definition) is 3. The van der Waals surface area contributed by atoms with Gasteiger partial charge in [-0.2, -0.15) is 0 Å². The van der Waals surface area contributed by atoms with Crippen LogP contribution in [0, 0.1) is 0 Å². The number of amides is 2. The van der Waals surface area contributed by atoms with E-state index in [-0.39, 0.29) is 24.4 Å². The van der Waals surface area contributed by atoms with Gasteiger partial charge in [-0.3, -0.25) is 9.59 Å². The summed E-state index contributed by atoms with van der Waals surface area (Å²) < 4.78 is 10.5. The van der Waals surface area contributed by atoms with Crippen molar-refractivity contribution in [2.24, 2.45) is 0 Å². The lowest BCUT2D eigenvalue weighted by atomic mass is 9.95. The number of hydrogen-bond acceptors (Lipinski definition) is 5. The van der Waals surface area contributed by atoms with Gasteiger partial charge < -0.3 is 25.4 Å². The highest BCUT2D eigenvalue weighted by molar-refractivity contribution is 5.96. The predicted molar refractivity (Wildman–Crippen MR) is 122 cm³/mol. The lowest BCUT2D eigenvalue weighted by molar-refractivity contribution is -0.114. The highest BCUT2D eigenvalue weighted by atomic mass is 16.5. The van der Waals surface area contributed by atoms with E-state index in [2.05, 4.69) is 16.0 Å². The SMILES string of the molecule is COCCOc1cccc(NC(=O)CNc2cccc(C(=O)NC3CCCCC3)c2)c1. The molecule has 0 bridgehead atoms. The molecular weight excluding hydrogens is 394 g/mol. The molecule has 0 saturated heterocycles. The van der Waals surface area contributed by atoms with Crippen molar-refractivity contribution in [3.05, 3.63) is 54.1 Å². The average molecular weight is 426 g/mol. The number of carbonyl (C=O) groups excluding carboxylic acids is 2. The maximum absolute atomic E-state index is 12.5. The molecule has 1 fully saturated rings. The molecule has 31 heavy (non-hydrogen) atoms. The van der Waals surface area contributed by atoms with Crippen LogP contribution in [0.4, 0.5) is 11.4 Å². The molecule has 0 aromatic heterocycles. The van der Waals surface area contributed by atoms with Gasteiger partial charge in [0.2, 0.25) is 5.91 Å². The normalized spacial score (nSPS) is 14.0. The van der Waals surface area contributed by atoms with Gasteiger partial charge in [0, 0.05) is 36.2 Å². The maximum Gasteiger partial charge on any atom is 0.251 e. The number of carbonyl (C=O) groups is 2. The molecule has 1 saturated carbocycles. The van der Waals surface area contributed by atoms with Crippen LogP contribution in [-0.2, 0) is 9.53 Å². The van der Waals surface area contributed by atoms with Gasteiger partial charge in [-0.15, -0.1) is 0 Å². The molecule has 0 aliphatic heterocycles. The molecule has 0 heterocycles. The zero-order chi connectivity index (χ0) is 21.9. The molecule has 0 spiro atoms. The summed E-state index contributed by atoms with van der Waals surface area (Å²) in [5.41, 5.74) is 1.97. The van der Waals surface area contributed by atoms with E-state index in [1.807, 2.05) is 24.3 Å². The van der Waals surface area contributed by atoms with Crippen molar-refractivity contribution >= 4 is 23.2 Å². The Morgan fingerprint density at radius 3 is 2.55 bits per heavy atom. The van der Waals surface area contributed by atoms with E-state index >= 15 is 0 Å². The Morgan fingerprint density at radius 1 is 0.968 bits per heavy atom. The summed E-state index contributed by atoms with van der Waals surface area (Å²) in [5, 5.41) is 9.04. The second kappa shape index (κ2) is 12.0. The monoisotopic (exact) mass is 425 g/mol. The molecule has 3 N–H and O–H groups in total. The number of anilines is 2. The molecule has 2 amide bonds. The highest BCUT2D eigenvalue weighted by Gasteiger charge is 2.16. The molecule has 0 radical (unpaired) electrons. The largest absolute Gasteiger partial charge is 0.491 e. The summed E-state index contributed by atoms with van der Waals surface area (Å²) in [7, 11) is 1.62. The van der Waals surface area contributed by atoms with E-state index in [0.29, 0.717) is 30.2 Å². The molecule has 1 aliphatic rings. The molecule has 1 aliphatic carbocycles. The van der Waals surface area contributed by atoms with Crippen LogP contribution in [0.2, 0.25) is 0 Å². The van der Waals surface area contributed by atoms with Gasteiger partial charge in [0.25, 0.3) is 5.91 Å². The molecule has 0 atom stereocenters. The van der Waals surface area contributed by atoms with Crippen molar-refractivity contribution in [1.29, 1.82) is 0 Å². The van der Waals surface area contributed by atoms with Crippen molar-refractivity contribution < 1.29 is 19.1 Å². The summed E-state index contributed by atoms with van der Waals surface area (Å²) in [6, 6.07) is 14.7. The molecule has 2 aromatic rings. The van der Waals surface area contributed by atoms with E-state index in [1.54, 1.807) is 31.4 Å². The minimum Gasteiger partial charge on any atom is -0.491 e. The fourth-order valence-corrected chi connectivity index (χ4v) is 3.58. The quantitative estimate of drug-likeness (QED) is 0.504. The highest BCUT2D eigenvalue weighted by Crippen LogP contribution is 2.19. The third-order valence-electron chi connectivity index (χ3n) is 5.19. The topological polar surface area (TPSA) is 88.7 Å². The first-order valence-electron chi connectivity index (χ1n) is 10.8. The first kappa shape index (κ1) is 22.6. The summed E-state index contributed by atoms with van der Waals surface area (Å²) in [4.78, 5) is 24.9.